The maximum atomic E-state index is 6.97. The minimum absolute atomic E-state index is 0. The van der Waals surface area contributed by atoms with Gasteiger partial charge in [-0.05, 0) is 195 Å². The lowest BCUT2D eigenvalue weighted by atomic mass is 10.1. The Morgan fingerprint density at radius 3 is 1.00 bits per heavy atom. The molecule has 0 rings (SSSR count). The van der Waals surface area contributed by atoms with Gasteiger partial charge in [-0.2, -0.15) is 0 Å². The molecule has 0 aliphatic carbocycles. The Hall–Kier alpha value is -0.366. The molecule has 0 radical (unpaired) electrons. The molecule has 416 valence electrons. The van der Waals surface area contributed by atoms with Gasteiger partial charge in [0.25, 0.3) is 0 Å². The lowest BCUT2D eigenvalue weighted by molar-refractivity contribution is -0.908. The Bertz CT molecular complexity index is 1190. The van der Waals surface area contributed by atoms with Gasteiger partial charge < -0.3 is 44.1 Å². The van der Waals surface area contributed by atoms with Gasteiger partial charge >= 0.3 is 17.1 Å². The van der Waals surface area contributed by atoms with Crippen molar-refractivity contribution in [3.8, 4) is 0 Å². The highest BCUT2D eigenvalue weighted by Gasteiger charge is 2.36. The van der Waals surface area contributed by atoms with E-state index in [9.17, 15) is 0 Å². The number of hydrogen-bond acceptors (Lipinski definition) is 5. The fraction of sp³-hybridized carbons (Fsp3) is 0.869. The van der Waals surface area contributed by atoms with Gasteiger partial charge in [-0.3, -0.25) is 0 Å². The lowest BCUT2D eigenvalue weighted by Crippen LogP contribution is -3.00. The first-order valence-corrected chi connectivity index (χ1v) is 35.1. The smallest absolute Gasteiger partial charge is 0.335 e. The topological polar surface area (TPSA) is 40.2 Å². The maximum Gasteiger partial charge on any atom is 0.335 e. The molecule has 0 bridgehead atoms. The van der Waals surface area contributed by atoms with Crippen LogP contribution in [0.4, 0.5) is 0 Å². The first kappa shape index (κ1) is 71.7. The van der Waals surface area contributed by atoms with Crippen LogP contribution in [0, 0.1) is 0 Å². The monoisotopic (exact) mass is 1080 g/mol. The van der Waals surface area contributed by atoms with E-state index >= 15 is 0 Å². The summed E-state index contributed by atoms with van der Waals surface area (Å²) in [7, 11) is 0.142. The van der Waals surface area contributed by atoms with Gasteiger partial charge in [-0.15, -0.1) is 0 Å². The minimum atomic E-state index is -2.34. The highest BCUT2D eigenvalue weighted by atomic mass is 79.9. The highest BCUT2D eigenvalue weighted by molar-refractivity contribution is 6.66. The van der Waals surface area contributed by atoms with Gasteiger partial charge in [0.2, 0.25) is 0 Å². The number of unbranched alkanes of at least 4 members (excludes halogenated alkanes) is 14. The molecule has 0 aliphatic heterocycles. The van der Waals surface area contributed by atoms with Gasteiger partial charge in [-0.25, -0.2) is 0 Å². The molecule has 0 aliphatic rings. The summed E-state index contributed by atoms with van der Waals surface area (Å²) in [4.78, 5) is 2.57. The van der Waals surface area contributed by atoms with Gasteiger partial charge in [0.05, 0.1) is 26.7 Å². The molecule has 6 nitrogen and oxygen atoms in total. The van der Waals surface area contributed by atoms with E-state index in [4.69, 9.17) is 17.7 Å². The van der Waals surface area contributed by atoms with E-state index in [0.29, 0.717) is 0 Å². The van der Waals surface area contributed by atoms with Crippen LogP contribution in [0.5, 0.6) is 0 Å². The molecule has 0 heterocycles. The van der Waals surface area contributed by atoms with Crippen LogP contribution in [0.1, 0.15) is 249 Å². The molecule has 5 unspecified atom stereocenters. The zero-order valence-electron chi connectivity index (χ0n) is 49.3. The average molecular weight is 1080 g/mol. The Kier molecular flexibility index (Phi) is 49.5. The van der Waals surface area contributed by atoms with Crippen molar-refractivity contribution in [3.63, 3.8) is 0 Å². The van der Waals surface area contributed by atoms with Gasteiger partial charge in [-0.1, -0.05) is 134 Å². The normalized spacial score (nSPS) is 16.8. The van der Waals surface area contributed by atoms with Gasteiger partial charge in [0.1, 0.15) is 0 Å². The fourth-order valence-corrected chi connectivity index (χ4v) is 15.8. The third-order valence-corrected chi connectivity index (χ3v) is 20.5. The van der Waals surface area contributed by atoms with Crippen LogP contribution in [-0.4, -0.2) is 97.7 Å². The van der Waals surface area contributed by atoms with E-state index in [-0.39, 0.29) is 41.4 Å². The van der Waals surface area contributed by atoms with E-state index in [1.807, 2.05) is 0 Å². The molecule has 0 amide bonds. The van der Waals surface area contributed by atoms with Crippen LogP contribution in [0.2, 0.25) is 25.2 Å². The molecule has 0 aromatic heterocycles. The second-order valence-corrected chi connectivity index (χ2v) is 28.6. The second-order valence-electron chi connectivity index (χ2n) is 22.1. The molecule has 5 atom stereocenters. The number of nitrogens with zero attached hydrogens (tertiary/aromatic N) is 2. The molecular weight excluding hydrogens is 961 g/mol. The Morgan fingerprint density at radius 1 is 0.400 bits per heavy atom. The zero-order valence-corrected chi connectivity index (χ0v) is 52.9. The van der Waals surface area contributed by atoms with Crippen LogP contribution >= 0.6 is 0 Å². The summed E-state index contributed by atoms with van der Waals surface area (Å²) in [5.41, 5.74) is 0. The molecule has 9 heteroatoms. The van der Waals surface area contributed by atoms with E-state index in [2.05, 4.69) is 143 Å². The Morgan fingerprint density at radius 2 is 0.686 bits per heavy atom. The first-order valence-electron chi connectivity index (χ1n) is 30.0. The quantitative estimate of drug-likeness (QED) is 0.0263. The largest absolute Gasteiger partial charge is 1.00 e. The van der Waals surface area contributed by atoms with Crippen molar-refractivity contribution in [1.82, 2.24) is 4.90 Å². The molecule has 0 aromatic carbocycles. The number of hydrogen-bond donors (Lipinski definition) is 0. The third-order valence-electron chi connectivity index (χ3n) is 14.3. The van der Waals surface area contributed by atoms with Gasteiger partial charge in [0, 0.05) is 37.4 Å². The predicted octanol–water partition coefficient (Wildman–Crippen LogP) is 15.8. The fourth-order valence-electron chi connectivity index (χ4n) is 9.57. The van der Waals surface area contributed by atoms with Crippen LogP contribution in [0.3, 0.4) is 0 Å². The van der Waals surface area contributed by atoms with Crippen molar-refractivity contribution >= 4 is 17.1 Å². The zero-order chi connectivity index (χ0) is 51.3. The summed E-state index contributed by atoms with van der Waals surface area (Å²) in [5.74, 6) is 0. The van der Waals surface area contributed by atoms with Crippen molar-refractivity contribution in [3.05, 3.63) is 48.6 Å². The molecule has 70 heavy (non-hydrogen) atoms. The summed E-state index contributed by atoms with van der Waals surface area (Å²) in [6.07, 6.45) is 55.1. The highest BCUT2D eigenvalue weighted by Crippen LogP contribution is 2.26. The van der Waals surface area contributed by atoms with E-state index in [1.165, 1.54) is 154 Å². The summed E-state index contributed by atoms with van der Waals surface area (Å²) < 4.78 is 28.9. The number of quaternary nitrogens is 1. The van der Waals surface area contributed by atoms with Crippen molar-refractivity contribution < 1.29 is 39.2 Å². The summed E-state index contributed by atoms with van der Waals surface area (Å²) in [6, 6.07) is 2.15. The average Bonchev–Trinajstić information content (AvgIpc) is 3.30. The Balaban J connectivity index is 0. The van der Waals surface area contributed by atoms with E-state index < -0.39 is 17.1 Å². The number of halogens is 1. The van der Waals surface area contributed by atoms with E-state index in [0.717, 1.165) is 81.0 Å². The minimum Gasteiger partial charge on any atom is -1.00 e. The molecule has 0 saturated carbocycles. The first-order chi connectivity index (χ1) is 33.2. The number of allylic oxidation sites excluding steroid dienone is 8. The van der Waals surface area contributed by atoms with E-state index in [1.54, 1.807) is 0 Å². The number of rotatable bonds is 51. The SMILES string of the molecule is CCCCC/C=C\CCC(C)O[Si](C)(CCCCN(C)CCC[N+](C)(CC)CCCC[Si](C)(OC(C)CC/C=C\CCCCC)OC(C)CC/C=C\CCCCC)OC(C)CC/C=C\CCCCC.[Br-]. The maximum absolute atomic E-state index is 6.97. The van der Waals surface area contributed by atoms with Crippen LogP contribution < -0.4 is 17.0 Å². The van der Waals surface area contributed by atoms with Crippen molar-refractivity contribution in [2.45, 2.75) is 298 Å². The molecule has 0 saturated heterocycles. The van der Waals surface area contributed by atoms with Crippen molar-refractivity contribution in [1.29, 1.82) is 0 Å². The second kappa shape index (κ2) is 48.3. The van der Waals surface area contributed by atoms with Crippen molar-refractivity contribution in [2.24, 2.45) is 0 Å². The van der Waals surface area contributed by atoms with Crippen LogP contribution in [0.15, 0.2) is 48.6 Å². The molecule has 0 spiro atoms. The molecule has 0 aromatic rings. The summed E-state index contributed by atoms with van der Waals surface area (Å²) in [6.45, 7) is 31.3. The van der Waals surface area contributed by atoms with Crippen molar-refractivity contribution in [2.75, 3.05) is 46.8 Å². The summed E-state index contributed by atoms with van der Waals surface area (Å²) in [5, 5.41) is 0. The lowest BCUT2D eigenvalue weighted by Gasteiger charge is -2.35. The molecular formula is C61H123BrN2O4Si2. The molecule has 0 fully saturated rings. The molecule has 0 N–H and O–H groups in total. The van der Waals surface area contributed by atoms with Crippen LogP contribution in [0.25, 0.3) is 0 Å². The third kappa shape index (κ3) is 44.0. The predicted molar refractivity (Wildman–Crippen MR) is 312 cm³/mol. The van der Waals surface area contributed by atoms with Gasteiger partial charge in [0.15, 0.2) is 0 Å². The summed E-state index contributed by atoms with van der Waals surface area (Å²) >= 11 is 0. The Labute approximate surface area is 452 Å². The van der Waals surface area contributed by atoms with Crippen LogP contribution in [-0.2, 0) is 17.7 Å². The standard InChI is InChI=1S/C61H123N2O4Si2.BrH/c1-14-19-23-27-31-35-39-48-58(6)64-68(12,65-59(7)49-40-36-32-28-24-20-15-2)56-45-43-52-62(10)53-47-55-63(11,18-5)54-44-46-57-69(13,66-60(8)50-41-37-33-29-25-21-16-3)67-61(9)51-42-38-34-30-26-22-17-4;/h31-38,58-61H,14-30,39-57H2,1-13H3;1H/q+1;/p-1/b35-31-,36-32-,37-33-,38-34-;.